The van der Waals surface area contributed by atoms with E-state index in [2.05, 4.69) is 35.0 Å². The molecule has 8 heteroatoms. The van der Waals surface area contributed by atoms with Crippen LogP contribution in [0.15, 0.2) is 12.2 Å². The Morgan fingerprint density at radius 2 is 1.06 bits per heavy atom. The molecule has 0 aromatic rings. The van der Waals surface area contributed by atoms with Crippen molar-refractivity contribution in [1.29, 1.82) is 0 Å². The van der Waals surface area contributed by atoms with Gasteiger partial charge in [-0.15, -0.1) is 0 Å². The van der Waals surface area contributed by atoms with Crippen molar-refractivity contribution in [3.05, 3.63) is 12.2 Å². The van der Waals surface area contributed by atoms with Gasteiger partial charge in [-0.1, -0.05) is 70.4 Å². The SMILES string of the molecule is CCCCCCCC/C=C\CCCCCCCC(=O)N[C@@H](C)C(=O)N[C@@H](C)C(=O)N[C@@H](C)C(=O)O. The average molecular weight is 496 g/mol. The summed E-state index contributed by atoms with van der Waals surface area (Å²) in [6.07, 6.45) is 20.5. The first-order chi connectivity index (χ1) is 16.7. The molecule has 0 aliphatic heterocycles. The van der Waals surface area contributed by atoms with Crippen LogP contribution in [0.5, 0.6) is 0 Å². The van der Waals surface area contributed by atoms with Crippen LogP contribution >= 0.6 is 0 Å². The summed E-state index contributed by atoms with van der Waals surface area (Å²) in [4.78, 5) is 47.0. The lowest BCUT2D eigenvalue weighted by Gasteiger charge is -2.19. The number of nitrogens with one attached hydrogen (secondary N) is 3. The molecule has 0 aromatic carbocycles. The predicted octanol–water partition coefficient (Wildman–Crippen LogP) is 4.62. The highest BCUT2D eigenvalue weighted by molar-refractivity contribution is 5.92. The molecule has 3 atom stereocenters. The molecule has 35 heavy (non-hydrogen) atoms. The zero-order valence-electron chi connectivity index (χ0n) is 22.4. The molecule has 0 aliphatic carbocycles. The number of hydrogen-bond acceptors (Lipinski definition) is 4. The molecule has 0 saturated carbocycles. The molecule has 0 aliphatic rings. The Bertz CT molecular complexity index is 651. The van der Waals surface area contributed by atoms with Crippen LogP contribution in [0.1, 0.15) is 118 Å². The van der Waals surface area contributed by atoms with Crippen LogP contribution in [0.3, 0.4) is 0 Å². The number of carboxylic acid groups (broad SMARTS) is 1. The Morgan fingerprint density at radius 3 is 1.57 bits per heavy atom. The van der Waals surface area contributed by atoms with Gasteiger partial charge in [0, 0.05) is 6.42 Å². The number of amides is 3. The van der Waals surface area contributed by atoms with Crippen molar-refractivity contribution in [2.75, 3.05) is 0 Å². The Hall–Kier alpha value is -2.38. The summed E-state index contributed by atoms with van der Waals surface area (Å²) in [5.74, 6) is -2.44. The second-order valence-corrected chi connectivity index (χ2v) is 9.42. The van der Waals surface area contributed by atoms with Crippen LogP contribution in [0.4, 0.5) is 0 Å². The number of carboxylic acids is 1. The highest BCUT2D eigenvalue weighted by Crippen LogP contribution is 2.10. The van der Waals surface area contributed by atoms with Crippen LogP contribution in [0.25, 0.3) is 0 Å². The van der Waals surface area contributed by atoms with Crippen molar-refractivity contribution in [3.8, 4) is 0 Å². The maximum absolute atomic E-state index is 12.2. The second-order valence-electron chi connectivity index (χ2n) is 9.42. The van der Waals surface area contributed by atoms with Gasteiger partial charge in [-0.05, 0) is 52.9 Å². The van der Waals surface area contributed by atoms with Gasteiger partial charge in [0.1, 0.15) is 18.1 Å². The highest BCUT2D eigenvalue weighted by Gasteiger charge is 2.23. The van der Waals surface area contributed by atoms with Gasteiger partial charge >= 0.3 is 5.97 Å². The first-order valence-electron chi connectivity index (χ1n) is 13.5. The first-order valence-corrected chi connectivity index (χ1v) is 13.5. The van der Waals surface area contributed by atoms with Crippen LogP contribution in [-0.4, -0.2) is 46.9 Å². The molecule has 202 valence electrons. The topological polar surface area (TPSA) is 125 Å². The second kappa shape index (κ2) is 20.9. The van der Waals surface area contributed by atoms with Gasteiger partial charge < -0.3 is 21.1 Å². The molecule has 8 nitrogen and oxygen atoms in total. The number of allylic oxidation sites excluding steroid dienone is 2. The third kappa shape index (κ3) is 18.6. The largest absolute Gasteiger partial charge is 0.480 e. The monoisotopic (exact) mass is 495 g/mol. The normalized spacial score (nSPS) is 13.7. The number of carbonyl (C=O) groups is 4. The van der Waals surface area contributed by atoms with E-state index < -0.39 is 35.9 Å². The van der Waals surface area contributed by atoms with Crippen molar-refractivity contribution in [1.82, 2.24) is 16.0 Å². The van der Waals surface area contributed by atoms with Crippen LogP contribution < -0.4 is 16.0 Å². The third-order valence-electron chi connectivity index (χ3n) is 5.92. The van der Waals surface area contributed by atoms with Gasteiger partial charge in [-0.3, -0.25) is 19.2 Å². The number of unbranched alkanes of at least 4 members (excludes halogenated alkanes) is 11. The van der Waals surface area contributed by atoms with Crippen molar-refractivity contribution < 1.29 is 24.3 Å². The van der Waals surface area contributed by atoms with Crippen molar-refractivity contribution in [2.24, 2.45) is 0 Å². The maximum atomic E-state index is 12.2. The van der Waals surface area contributed by atoms with Crippen LogP contribution in [0, 0.1) is 0 Å². The molecule has 0 fully saturated rings. The average Bonchev–Trinajstić information content (AvgIpc) is 2.81. The van der Waals surface area contributed by atoms with E-state index in [4.69, 9.17) is 5.11 Å². The molecule has 0 unspecified atom stereocenters. The lowest BCUT2D eigenvalue weighted by Crippen LogP contribution is -2.53. The molecule has 0 aromatic heterocycles. The summed E-state index contributed by atoms with van der Waals surface area (Å²) < 4.78 is 0. The lowest BCUT2D eigenvalue weighted by atomic mass is 10.1. The molecule has 0 heterocycles. The van der Waals surface area contributed by atoms with E-state index >= 15 is 0 Å². The minimum absolute atomic E-state index is 0.193. The number of aliphatic carboxylic acids is 1. The summed E-state index contributed by atoms with van der Waals surface area (Å²) in [5.41, 5.74) is 0. The fourth-order valence-corrected chi connectivity index (χ4v) is 3.54. The summed E-state index contributed by atoms with van der Waals surface area (Å²) in [6.45, 7) is 6.60. The Kier molecular flexibility index (Phi) is 19.5. The zero-order chi connectivity index (χ0) is 26.5. The van der Waals surface area contributed by atoms with Gasteiger partial charge in [0.25, 0.3) is 0 Å². The quantitative estimate of drug-likeness (QED) is 0.137. The summed E-state index contributed by atoms with van der Waals surface area (Å²) in [5, 5.41) is 16.3. The van der Waals surface area contributed by atoms with Gasteiger partial charge in [0.2, 0.25) is 17.7 Å². The van der Waals surface area contributed by atoms with E-state index in [1.807, 2.05) is 0 Å². The van der Waals surface area contributed by atoms with Crippen molar-refractivity contribution in [2.45, 2.75) is 136 Å². The van der Waals surface area contributed by atoms with E-state index in [0.717, 1.165) is 32.1 Å². The van der Waals surface area contributed by atoms with E-state index in [1.165, 1.54) is 65.2 Å². The lowest BCUT2D eigenvalue weighted by molar-refractivity contribution is -0.141. The van der Waals surface area contributed by atoms with Crippen molar-refractivity contribution >= 4 is 23.7 Å². The molecule has 0 radical (unpaired) electrons. The molecule has 4 N–H and O–H groups in total. The number of hydrogen-bond donors (Lipinski definition) is 4. The number of carbonyl (C=O) groups excluding carboxylic acids is 3. The molecule has 0 spiro atoms. The van der Waals surface area contributed by atoms with Gasteiger partial charge in [-0.25, -0.2) is 0 Å². The minimum Gasteiger partial charge on any atom is -0.480 e. The van der Waals surface area contributed by atoms with E-state index in [9.17, 15) is 19.2 Å². The molecular formula is C27H49N3O5. The highest BCUT2D eigenvalue weighted by atomic mass is 16.4. The fourth-order valence-electron chi connectivity index (χ4n) is 3.54. The van der Waals surface area contributed by atoms with Gasteiger partial charge in [-0.2, -0.15) is 0 Å². The fraction of sp³-hybridized carbons (Fsp3) is 0.778. The van der Waals surface area contributed by atoms with E-state index in [1.54, 1.807) is 6.92 Å². The Balaban J connectivity index is 3.78. The predicted molar refractivity (Wildman–Crippen MR) is 140 cm³/mol. The standard InChI is InChI=1S/C27H49N3O5/c1-5-6-7-8-9-10-11-12-13-14-15-16-17-18-19-20-24(31)28-21(2)25(32)29-22(3)26(33)30-23(4)27(34)35/h12-13,21-23H,5-11,14-20H2,1-4H3,(H,28,31)(H,29,32)(H,30,33)(H,34,35)/b13-12-/t21-,22-,23-/m0/s1. The van der Waals surface area contributed by atoms with E-state index in [-0.39, 0.29) is 5.91 Å². The minimum atomic E-state index is -1.16. The van der Waals surface area contributed by atoms with Crippen LogP contribution in [0.2, 0.25) is 0 Å². The Morgan fingerprint density at radius 1 is 0.629 bits per heavy atom. The van der Waals surface area contributed by atoms with Crippen LogP contribution in [-0.2, 0) is 19.2 Å². The summed E-state index contributed by atoms with van der Waals surface area (Å²) in [6, 6.07) is -2.74. The third-order valence-corrected chi connectivity index (χ3v) is 5.92. The molecule has 0 rings (SSSR count). The summed E-state index contributed by atoms with van der Waals surface area (Å²) >= 11 is 0. The smallest absolute Gasteiger partial charge is 0.325 e. The molecule has 0 saturated heterocycles. The molecule has 3 amide bonds. The first kappa shape index (κ1) is 32.6. The maximum Gasteiger partial charge on any atom is 0.325 e. The van der Waals surface area contributed by atoms with Crippen molar-refractivity contribution in [3.63, 3.8) is 0 Å². The molecular weight excluding hydrogens is 446 g/mol. The Labute approximate surface area is 212 Å². The van der Waals surface area contributed by atoms with E-state index in [0.29, 0.717) is 6.42 Å². The zero-order valence-corrected chi connectivity index (χ0v) is 22.4. The molecule has 0 bridgehead atoms. The number of rotatable bonds is 21. The van der Waals surface area contributed by atoms with Gasteiger partial charge in [0.15, 0.2) is 0 Å². The summed E-state index contributed by atoms with van der Waals surface area (Å²) in [7, 11) is 0. The van der Waals surface area contributed by atoms with Gasteiger partial charge in [0.05, 0.1) is 0 Å².